The third-order valence-corrected chi connectivity index (χ3v) is 2.74. The molecule has 0 radical (unpaired) electrons. The van der Waals surface area contributed by atoms with E-state index in [4.69, 9.17) is 0 Å². The van der Waals surface area contributed by atoms with Crippen molar-refractivity contribution in [3.63, 3.8) is 0 Å². The Hall–Kier alpha value is -0.120. The summed E-state index contributed by atoms with van der Waals surface area (Å²) in [6, 6.07) is 0.583. The molecule has 0 bridgehead atoms. The van der Waals surface area contributed by atoms with Gasteiger partial charge in [-0.3, -0.25) is 0 Å². The fourth-order valence-corrected chi connectivity index (χ4v) is 1.78. The quantitative estimate of drug-likeness (QED) is 0.669. The first-order chi connectivity index (χ1) is 6.22. The molecule has 1 aliphatic rings. The molecule has 0 aromatic heterocycles. The van der Waals surface area contributed by atoms with E-state index in [0.717, 1.165) is 19.5 Å². The number of hydrogen-bond acceptors (Lipinski definition) is 3. The third-order valence-electron chi connectivity index (χ3n) is 2.74. The van der Waals surface area contributed by atoms with E-state index in [2.05, 4.69) is 17.3 Å². The lowest BCUT2D eigenvalue weighted by Crippen LogP contribution is -2.46. The highest BCUT2D eigenvalue weighted by Gasteiger charge is 2.16. The molecule has 1 fully saturated rings. The number of nitrogens with one attached hydrogen (secondary N) is 1. The Balaban J connectivity index is 2.13. The second-order valence-electron chi connectivity index (χ2n) is 4.07. The third kappa shape index (κ3) is 4.07. The summed E-state index contributed by atoms with van der Waals surface area (Å²) in [5.41, 5.74) is 0. The average molecular weight is 186 g/mol. The molecular formula is C10H22N2O. The van der Waals surface area contributed by atoms with Crippen LogP contribution in [0.25, 0.3) is 0 Å². The lowest BCUT2D eigenvalue weighted by Gasteiger charge is -2.30. The zero-order valence-electron chi connectivity index (χ0n) is 8.79. The highest BCUT2D eigenvalue weighted by atomic mass is 16.3. The molecule has 1 saturated heterocycles. The smallest absolute Gasteiger partial charge is 0.0662 e. The fourth-order valence-electron chi connectivity index (χ4n) is 1.78. The fraction of sp³-hybridized carbons (Fsp3) is 1.00. The van der Waals surface area contributed by atoms with Gasteiger partial charge in [-0.2, -0.15) is 0 Å². The van der Waals surface area contributed by atoms with E-state index in [-0.39, 0.29) is 6.10 Å². The maximum absolute atomic E-state index is 9.38. The largest absolute Gasteiger partial charge is 0.392 e. The van der Waals surface area contributed by atoms with Crippen LogP contribution in [0.2, 0.25) is 0 Å². The minimum atomic E-state index is -0.174. The Kier molecular flexibility index (Phi) is 4.70. The van der Waals surface area contributed by atoms with Gasteiger partial charge in [0.1, 0.15) is 0 Å². The highest BCUT2D eigenvalue weighted by Crippen LogP contribution is 2.07. The zero-order chi connectivity index (χ0) is 9.68. The average Bonchev–Trinajstić information content (AvgIpc) is 2.14. The van der Waals surface area contributed by atoms with Gasteiger partial charge in [-0.05, 0) is 32.9 Å². The lowest BCUT2D eigenvalue weighted by molar-refractivity contribution is 0.150. The summed E-state index contributed by atoms with van der Waals surface area (Å²) in [7, 11) is 2.16. The molecule has 3 nitrogen and oxygen atoms in total. The van der Waals surface area contributed by atoms with Crippen molar-refractivity contribution in [1.29, 1.82) is 0 Å². The molecule has 0 aromatic rings. The predicted octanol–water partition coefficient (Wildman–Crippen LogP) is 0.441. The van der Waals surface area contributed by atoms with Crippen LogP contribution in [0, 0.1) is 0 Å². The number of likely N-dealkylation sites (N-methyl/N-ethyl adjacent to an activating group) is 1. The maximum Gasteiger partial charge on any atom is 0.0662 e. The van der Waals surface area contributed by atoms with Gasteiger partial charge >= 0.3 is 0 Å². The van der Waals surface area contributed by atoms with Crippen LogP contribution in [0.5, 0.6) is 0 Å². The molecular weight excluding hydrogens is 164 g/mol. The topological polar surface area (TPSA) is 35.5 Å². The molecule has 1 rings (SSSR count). The normalized spacial score (nSPS) is 27.5. The highest BCUT2D eigenvalue weighted by molar-refractivity contribution is 4.77. The summed E-state index contributed by atoms with van der Waals surface area (Å²) in [4.78, 5) is 2.35. The minimum absolute atomic E-state index is 0.174. The van der Waals surface area contributed by atoms with Crippen molar-refractivity contribution >= 4 is 0 Å². The molecule has 1 aliphatic heterocycles. The number of likely N-dealkylation sites (tertiary alicyclic amines) is 1. The van der Waals surface area contributed by atoms with E-state index in [0.29, 0.717) is 6.04 Å². The van der Waals surface area contributed by atoms with Crippen LogP contribution in [0.3, 0.4) is 0 Å². The van der Waals surface area contributed by atoms with E-state index >= 15 is 0 Å². The number of nitrogens with zero attached hydrogens (tertiary/aromatic N) is 1. The SMILES string of the molecule is CCC(O)CNC1CCCN(C)C1. The van der Waals surface area contributed by atoms with Crippen molar-refractivity contribution in [3.05, 3.63) is 0 Å². The summed E-state index contributed by atoms with van der Waals surface area (Å²) in [5, 5.41) is 12.8. The Morgan fingerprint density at radius 1 is 1.62 bits per heavy atom. The van der Waals surface area contributed by atoms with Crippen molar-refractivity contribution in [2.75, 3.05) is 26.7 Å². The van der Waals surface area contributed by atoms with E-state index in [9.17, 15) is 5.11 Å². The van der Waals surface area contributed by atoms with Gasteiger partial charge in [0.2, 0.25) is 0 Å². The summed E-state index contributed by atoms with van der Waals surface area (Å²) in [6.07, 6.45) is 3.19. The first-order valence-corrected chi connectivity index (χ1v) is 5.32. The first-order valence-electron chi connectivity index (χ1n) is 5.32. The summed E-state index contributed by atoms with van der Waals surface area (Å²) in [6.45, 7) is 5.10. The van der Waals surface area contributed by atoms with Crippen LogP contribution in [0.1, 0.15) is 26.2 Å². The number of hydrogen-bond donors (Lipinski definition) is 2. The van der Waals surface area contributed by atoms with Crippen LogP contribution >= 0.6 is 0 Å². The molecule has 0 aliphatic carbocycles. The molecule has 0 aromatic carbocycles. The van der Waals surface area contributed by atoms with Gasteiger partial charge in [-0.15, -0.1) is 0 Å². The van der Waals surface area contributed by atoms with Crippen molar-refractivity contribution in [2.45, 2.75) is 38.3 Å². The second-order valence-corrected chi connectivity index (χ2v) is 4.07. The first kappa shape index (κ1) is 11.0. The van der Waals surface area contributed by atoms with Gasteiger partial charge in [0.15, 0.2) is 0 Å². The predicted molar refractivity (Wildman–Crippen MR) is 54.8 cm³/mol. The molecule has 2 atom stereocenters. The van der Waals surface area contributed by atoms with Crippen molar-refractivity contribution in [3.8, 4) is 0 Å². The number of piperidine rings is 1. The van der Waals surface area contributed by atoms with Crippen LogP contribution < -0.4 is 5.32 Å². The Morgan fingerprint density at radius 2 is 2.38 bits per heavy atom. The summed E-state index contributed by atoms with van der Waals surface area (Å²) < 4.78 is 0. The molecule has 0 saturated carbocycles. The van der Waals surface area contributed by atoms with Gasteiger partial charge in [0.05, 0.1) is 6.10 Å². The van der Waals surface area contributed by atoms with Crippen LogP contribution in [0.15, 0.2) is 0 Å². The lowest BCUT2D eigenvalue weighted by atomic mass is 10.1. The Labute approximate surface area is 81.1 Å². The van der Waals surface area contributed by atoms with Gasteiger partial charge in [-0.1, -0.05) is 6.92 Å². The molecule has 0 amide bonds. The Morgan fingerprint density at radius 3 is 3.00 bits per heavy atom. The van der Waals surface area contributed by atoms with E-state index in [1.807, 2.05) is 6.92 Å². The molecule has 0 spiro atoms. The van der Waals surface area contributed by atoms with Gasteiger partial charge in [-0.25, -0.2) is 0 Å². The van der Waals surface area contributed by atoms with Crippen molar-refractivity contribution < 1.29 is 5.11 Å². The van der Waals surface area contributed by atoms with E-state index in [1.54, 1.807) is 0 Å². The van der Waals surface area contributed by atoms with Gasteiger partial charge in [0.25, 0.3) is 0 Å². The number of aliphatic hydroxyl groups excluding tert-OH is 1. The molecule has 1 heterocycles. The van der Waals surface area contributed by atoms with E-state index < -0.39 is 0 Å². The second kappa shape index (κ2) is 5.58. The number of rotatable bonds is 4. The summed E-state index contributed by atoms with van der Waals surface area (Å²) in [5.74, 6) is 0. The monoisotopic (exact) mass is 186 g/mol. The van der Waals surface area contributed by atoms with E-state index in [1.165, 1.54) is 19.4 Å². The molecule has 78 valence electrons. The van der Waals surface area contributed by atoms with Crippen LogP contribution in [0.4, 0.5) is 0 Å². The Bertz CT molecular complexity index is 141. The molecule has 3 heteroatoms. The summed E-state index contributed by atoms with van der Waals surface area (Å²) >= 11 is 0. The number of aliphatic hydroxyl groups is 1. The standard InChI is InChI=1S/C10H22N2O/c1-3-10(13)7-11-9-5-4-6-12(2)8-9/h9-11,13H,3-8H2,1-2H3. The van der Waals surface area contributed by atoms with Gasteiger partial charge in [0, 0.05) is 19.1 Å². The van der Waals surface area contributed by atoms with Crippen molar-refractivity contribution in [1.82, 2.24) is 10.2 Å². The van der Waals surface area contributed by atoms with Gasteiger partial charge < -0.3 is 15.3 Å². The van der Waals surface area contributed by atoms with Crippen LogP contribution in [-0.4, -0.2) is 48.8 Å². The minimum Gasteiger partial charge on any atom is -0.392 e. The maximum atomic E-state index is 9.38. The molecule has 13 heavy (non-hydrogen) atoms. The van der Waals surface area contributed by atoms with Crippen LogP contribution in [-0.2, 0) is 0 Å². The zero-order valence-corrected chi connectivity index (χ0v) is 8.79. The van der Waals surface area contributed by atoms with Crippen molar-refractivity contribution in [2.24, 2.45) is 0 Å². The molecule has 2 unspecified atom stereocenters. The molecule has 2 N–H and O–H groups in total.